The molecule has 3 N–H and O–H groups in total. The summed E-state index contributed by atoms with van der Waals surface area (Å²) in [4.78, 5) is 36.6. The van der Waals surface area contributed by atoms with Crippen LogP contribution in [-0.4, -0.2) is 34.1 Å². The van der Waals surface area contributed by atoms with Crippen molar-refractivity contribution in [3.63, 3.8) is 0 Å². The van der Waals surface area contributed by atoms with Crippen molar-refractivity contribution in [1.82, 2.24) is 5.32 Å². The van der Waals surface area contributed by atoms with Gasteiger partial charge in [-0.3, -0.25) is 9.59 Å². The second-order valence-corrected chi connectivity index (χ2v) is 9.47. The Morgan fingerprint density at radius 2 is 1.64 bits per heavy atom. The van der Waals surface area contributed by atoms with Gasteiger partial charge >= 0.3 is 11.9 Å². The minimum atomic E-state index is -1.13. The van der Waals surface area contributed by atoms with E-state index in [4.69, 9.17) is 4.74 Å². The molecule has 33 heavy (non-hydrogen) atoms. The Labute approximate surface area is 193 Å². The Morgan fingerprint density at radius 3 is 2.18 bits per heavy atom. The van der Waals surface area contributed by atoms with Crippen molar-refractivity contribution in [2.45, 2.75) is 52.7 Å². The fraction of sp³-hybridized carbons (Fsp3) is 0.423. The van der Waals surface area contributed by atoms with Crippen molar-refractivity contribution in [3.05, 3.63) is 65.7 Å². The summed E-state index contributed by atoms with van der Waals surface area (Å²) in [5.74, 6) is -2.40. The fourth-order valence-corrected chi connectivity index (χ4v) is 4.51. The molecule has 0 saturated heterocycles. The number of aliphatic carboxylic acids is 2. The number of rotatable bonds is 9. The maximum atomic E-state index is 13.0. The van der Waals surface area contributed by atoms with E-state index in [1.807, 2.05) is 30.3 Å². The lowest BCUT2D eigenvalue weighted by atomic mass is 9.65. The zero-order chi connectivity index (χ0) is 24.2. The van der Waals surface area contributed by atoms with Crippen molar-refractivity contribution in [1.29, 1.82) is 0 Å². The van der Waals surface area contributed by atoms with Crippen LogP contribution in [0.15, 0.2) is 54.6 Å². The number of carboxylic acid groups (broad SMARTS) is 2. The largest absolute Gasteiger partial charge is 0.489 e. The molecule has 3 rings (SSSR count). The molecule has 0 heterocycles. The Hall–Kier alpha value is -3.35. The van der Waals surface area contributed by atoms with Crippen molar-refractivity contribution in [2.75, 3.05) is 0 Å². The normalized spacial score (nSPS) is 22.3. The van der Waals surface area contributed by atoms with Gasteiger partial charge in [-0.25, -0.2) is 4.79 Å². The van der Waals surface area contributed by atoms with Crippen LogP contribution in [-0.2, 0) is 27.4 Å². The number of benzene rings is 2. The molecule has 2 aromatic carbocycles. The van der Waals surface area contributed by atoms with Crippen molar-refractivity contribution < 1.29 is 29.3 Å². The molecule has 0 aliphatic heterocycles. The van der Waals surface area contributed by atoms with Gasteiger partial charge in [-0.1, -0.05) is 56.3 Å². The van der Waals surface area contributed by atoms with Crippen LogP contribution < -0.4 is 10.1 Å². The van der Waals surface area contributed by atoms with Gasteiger partial charge in [0.15, 0.2) is 0 Å². The average molecular weight is 454 g/mol. The van der Waals surface area contributed by atoms with Gasteiger partial charge in [-0.05, 0) is 48.4 Å². The van der Waals surface area contributed by atoms with E-state index < -0.39 is 40.6 Å². The summed E-state index contributed by atoms with van der Waals surface area (Å²) in [5, 5.41) is 22.0. The van der Waals surface area contributed by atoms with Crippen LogP contribution in [0.2, 0.25) is 0 Å². The van der Waals surface area contributed by atoms with Crippen molar-refractivity contribution >= 4 is 17.8 Å². The van der Waals surface area contributed by atoms with Crippen LogP contribution in [0.4, 0.5) is 0 Å². The highest BCUT2D eigenvalue weighted by atomic mass is 16.5. The summed E-state index contributed by atoms with van der Waals surface area (Å²) in [6.45, 7) is 5.61. The third-order valence-corrected chi connectivity index (χ3v) is 7.24. The molecule has 7 nitrogen and oxygen atoms in total. The predicted octanol–water partition coefficient (Wildman–Crippen LogP) is 3.90. The summed E-state index contributed by atoms with van der Waals surface area (Å²) < 4.78 is 5.76. The Morgan fingerprint density at radius 1 is 1.00 bits per heavy atom. The first kappa shape index (κ1) is 24.3. The van der Waals surface area contributed by atoms with Crippen LogP contribution >= 0.6 is 0 Å². The highest BCUT2D eigenvalue weighted by Gasteiger charge is 2.58. The highest BCUT2D eigenvalue weighted by molar-refractivity contribution is 5.87. The summed E-state index contributed by atoms with van der Waals surface area (Å²) in [5.41, 5.74) is -0.0487. The van der Waals surface area contributed by atoms with Gasteiger partial charge < -0.3 is 20.3 Å². The number of carbonyl (C=O) groups excluding carboxylic acids is 1. The maximum Gasteiger partial charge on any atom is 0.326 e. The van der Waals surface area contributed by atoms with E-state index in [9.17, 15) is 24.6 Å². The van der Waals surface area contributed by atoms with E-state index in [0.717, 1.165) is 11.1 Å². The van der Waals surface area contributed by atoms with Gasteiger partial charge in [0.2, 0.25) is 5.91 Å². The third-order valence-electron chi connectivity index (χ3n) is 7.24. The van der Waals surface area contributed by atoms with E-state index >= 15 is 0 Å². The molecular formula is C26H31NO6. The number of carbonyl (C=O) groups is 3. The van der Waals surface area contributed by atoms with Crippen LogP contribution in [0.5, 0.6) is 5.75 Å². The van der Waals surface area contributed by atoms with Crippen LogP contribution in [0.25, 0.3) is 0 Å². The average Bonchev–Trinajstić information content (AvgIpc) is 3.03. The van der Waals surface area contributed by atoms with Crippen LogP contribution in [0, 0.1) is 16.7 Å². The molecule has 7 heteroatoms. The second kappa shape index (κ2) is 9.65. The number of hydrogen-bond donors (Lipinski definition) is 3. The first-order chi connectivity index (χ1) is 15.5. The third kappa shape index (κ3) is 5.18. The zero-order valence-corrected chi connectivity index (χ0v) is 19.2. The second-order valence-electron chi connectivity index (χ2n) is 9.47. The Bertz CT molecular complexity index is 1000. The van der Waals surface area contributed by atoms with Gasteiger partial charge in [0, 0.05) is 12.3 Å². The summed E-state index contributed by atoms with van der Waals surface area (Å²) in [7, 11) is 0. The summed E-state index contributed by atoms with van der Waals surface area (Å²) in [6.07, 6.45) is 0.889. The van der Waals surface area contributed by atoms with E-state index in [2.05, 4.69) is 5.32 Å². The minimum Gasteiger partial charge on any atom is -0.489 e. The quantitative estimate of drug-likeness (QED) is 0.531. The fourth-order valence-electron chi connectivity index (χ4n) is 4.51. The van der Waals surface area contributed by atoms with Crippen molar-refractivity contribution in [3.8, 4) is 5.75 Å². The van der Waals surface area contributed by atoms with E-state index in [1.165, 1.54) is 0 Å². The monoisotopic (exact) mass is 453 g/mol. The molecule has 176 valence electrons. The van der Waals surface area contributed by atoms with Gasteiger partial charge in [-0.15, -0.1) is 0 Å². The number of nitrogens with one attached hydrogen (secondary N) is 1. The smallest absolute Gasteiger partial charge is 0.326 e. The molecule has 2 aromatic rings. The number of ether oxygens (including phenoxy) is 1. The van der Waals surface area contributed by atoms with Gasteiger partial charge in [0.25, 0.3) is 0 Å². The summed E-state index contributed by atoms with van der Waals surface area (Å²) >= 11 is 0. The standard InChI is InChI=1S/C26H31NO6/c1-25(2)20(13-14-26(25,3)24(31)32)22(28)27-21(23(29)30)15-17-9-11-19(12-10-17)33-16-18-7-5-4-6-8-18/h4-12,20-21H,13-16H2,1-3H3,(H,27,28)(H,29,30)(H,31,32)/t20-,21+,26+/m1/s1. The SMILES string of the molecule is CC1(C)[C@@H](C(=O)N[C@@H](Cc2ccc(OCc3ccccc3)cc2)C(=O)O)CC[C@@]1(C)C(=O)O. The number of hydrogen-bond acceptors (Lipinski definition) is 4. The molecule has 1 saturated carbocycles. The molecule has 0 spiro atoms. The van der Waals surface area contributed by atoms with Crippen LogP contribution in [0.3, 0.4) is 0 Å². The van der Waals surface area contributed by atoms with Gasteiger partial charge in [0.05, 0.1) is 5.41 Å². The first-order valence-corrected chi connectivity index (χ1v) is 11.1. The van der Waals surface area contributed by atoms with E-state index in [1.54, 1.807) is 45.0 Å². The Kier molecular flexibility index (Phi) is 7.10. The molecular weight excluding hydrogens is 422 g/mol. The molecule has 1 aliphatic carbocycles. The molecule has 3 atom stereocenters. The molecule has 1 amide bonds. The maximum absolute atomic E-state index is 13.0. The molecule has 0 radical (unpaired) electrons. The predicted molar refractivity (Wildman–Crippen MR) is 123 cm³/mol. The lowest BCUT2D eigenvalue weighted by Crippen LogP contribution is -2.49. The van der Waals surface area contributed by atoms with Crippen LogP contribution in [0.1, 0.15) is 44.7 Å². The molecule has 1 fully saturated rings. The molecule has 0 bridgehead atoms. The number of amides is 1. The Balaban J connectivity index is 1.62. The molecule has 0 aromatic heterocycles. The van der Waals surface area contributed by atoms with E-state index in [0.29, 0.717) is 25.2 Å². The van der Waals surface area contributed by atoms with Gasteiger partial charge in [-0.2, -0.15) is 0 Å². The topological polar surface area (TPSA) is 113 Å². The molecule has 0 unspecified atom stereocenters. The lowest BCUT2D eigenvalue weighted by Gasteiger charge is -2.38. The van der Waals surface area contributed by atoms with E-state index in [-0.39, 0.29) is 6.42 Å². The highest BCUT2D eigenvalue weighted by Crippen LogP contribution is 2.56. The lowest BCUT2D eigenvalue weighted by molar-refractivity contribution is -0.155. The summed E-state index contributed by atoms with van der Waals surface area (Å²) in [6, 6.07) is 15.8. The minimum absolute atomic E-state index is 0.114. The number of carboxylic acids is 2. The molecule has 1 aliphatic rings. The zero-order valence-electron chi connectivity index (χ0n) is 19.2. The van der Waals surface area contributed by atoms with Crippen molar-refractivity contribution in [2.24, 2.45) is 16.7 Å². The first-order valence-electron chi connectivity index (χ1n) is 11.1. The van der Waals surface area contributed by atoms with Gasteiger partial charge in [0.1, 0.15) is 18.4 Å².